The van der Waals surface area contributed by atoms with Crippen molar-refractivity contribution in [2.45, 2.75) is 38.1 Å². The van der Waals surface area contributed by atoms with Crippen LogP contribution in [-0.2, 0) is 0 Å². The number of rotatable bonds is 3. The number of carbonyl (C=O) groups is 1. The third-order valence-electron chi connectivity index (χ3n) is 4.22. The van der Waals surface area contributed by atoms with Crippen molar-refractivity contribution in [1.29, 1.82) is 0 Å². The van der Waals surface area contributed by atoms with Crippen LogP contribution < -0.4 is 5.32 Å². The zero-order chi connectivity index (χ0) is 13.7. The summed E-state index contributed by atoms with van der Waals surface area (Å²) in [6.07, 6.45) is 10.6. The van der Waals surface area contributed by atoms with E-state index in [-0.39, 0.29) is 6.03 Å². The van der Waals surface area contributed by atoms with E-state index in [0.717, 1.165) is 38.4 Å². The smallest absolute Gasteiger partial charge is 0.319 e. The Balaban J connectivity index is 1.66. The van der Waals surface area contributed by atoms with Gasteiger partial charge in [0.2, 0.25) is 0 Å². The van der Waals surface area contributed by atoms with Gasteiger partial charge in [0.15, 0.2) is 0 Å². The molecule has 1 heterocycles. The topological polar surface area (TPSA) is 35.6 Å². The fourth-order valence-electron chi connectivity index (χ4n) is 2.93. The summed E-state index contributed by atoms with van der Waals surface area (Å²) in [6, 6.07) is 0.744. The molecular weight excluding hydrogens is 238 g/mol. The minimum absolute atomic E-state index is 0.149. The quantitative estimate of drug-likeness (QED) is 0.793. The van der Waals surface area contributed by atoms with Crippen molar-refractivity contribution in [2.24, 2.45) is 5.92 Å². The summed E-state index contributed by atoms with van der Waals surface area (Å²) in [5.41, 5.74) is 0. The molecule has 1 saturated heterocycles. The minimum Gasteiger partial charge on any atom is -0.331 e. The van der Waals surface area contributed by atoms with E-state index < -0.39 is 0 Å². The van der Waals surface area contributed by atoms with Gasteiger partial charge in [-0.15, -0.1) is 0 Å². The molecule has 1 atom stereocenters. The molecule has 1 N–H and O–H groups in total. The summed E-state index contributed by atoms with van der Waals surface area (Å²) >= 11 is 0. The minimum atomic E-state index is 0.149. The predicted molar refractivity (Wildman–Crippen MR) is 78.2 cm³/mol. The van der Waals surface area contributed by atoms with E-state index in [2.05, 4.69) is 17.5 Å². The van der Waals surface area contributed by atoms with Gasteiger partial charge in [0.1, 0.15) is 0 Å². The first-order valence-electron chi connectivity index (χ1n) is 7.51. The maximum Gasteiger partial charge on any atom is 0.319 e. The number of hydrogen-bond acceptors (Lipinski definition) is 2. The summed E-state index contributed by atoms with van der Waals surface area (Å²) in [5, 5.41) is 3.69. The van der Waals surface area contributed by atoms with Crippen LogP contribution in [0.5, 0.6) is 0 Å². The Labute approximate surface area is 116 Å². The highest BCUT2D eigenvalue weighted by Gasteiger charge is 2.23. The predicted octanol–water partition coefficient (Wildman–Crippen LogP) is 2.08. The molecule has 4 nitrogen and oxygen atoms in total. The average Bonchev–Trinajstić information content (AvgIpc) is 2.46. The Morgan fingerprint density at radius 2 is 2.00 bits per heavy atom. The zero-order valence-electron chi connectivity index (χ0n) is 12.3. The second-order valence-corrected chi connectivity index (χ2v) is 6.00. The second kappa shape index (κ2) is 6.94. The molecule has 0 aromatic rings. The summed E-state index contributed by atoms with van der Waals surface area (Å²) in [4.78, 5) is 15.5. The molecule has 0 aromatic heterocycles. The number of hydrogen-bond donors (Lipinski definition) is 1. The highest BCUT2D eigenvalue weighted by molar-refractivity contribution is 5.73. The summed E-state index contributed by atoms with van der Waals surface area (Å²) in [6.45, 7) is 2.91. The molecule has 108 valence electrons. The van der Waals surface area contributed by atoms with Gasteiger partial charge in [-0.2, -0.15) is 0 Å². The number of piperidine rings is 1. The fraction of sp³-hybridized carbons (Fsp3) is 0.800. The monoisotopic (exact) mass is 265 g/mol. The maximum atomic E-state index is 11.8. The van der Waals surface area contributed by atoms with E-state index in [0.29, 0.717) is 6.04 Å². The van der Waals surface area contributed by atoms with Crippen molar-refractivity contribution < 1.29 is 4.79 Å². The van der Waals surface area contributed by atoms with Crippen molar-refractivity contribution in [3.8, 4) is 0 Å². The highest BCUT2D eigenvalue weighted by atomic mass is 16.2. The molecule has 0 bridgehead atoms. The number of nitrogens with one attached hydrogen (secondary N) is 1. The van der Waals surface area contributed by atoms with Crippen LogP contribution in [0, 0.1) is 5.92 Å². The normalized spacial score (nSPS) is 24.5. The van der Waals surface area contributed by atoms with Crippen molar-refractivity contribution in [3.05, 3.63) is 12.2 Å². The Bertz CT molecular complexity index is 319. The molecule has 1 unspecified atom stereocenters. The molecule has 0 aromatic carbocycles. The number of allylic oxidation sites excluding steroid dienone is 2. The lowest BCUT2D eigenvalue weighted by molar-refractivity contribution is 0.151. The molecule has 2 amide bonds. The lowest BCUT2D eigenvalue weighted by Crippen LogP contribution is -2.48. The van der Waals surface area contributed by atoms with Crippen LogP contribution in [0.3, 0.4) is 0 Å². The summed E-state index contributed by atoms with van der Waals surface area (Å²) < 4.78 is 0. The molecular formula is C15H27N3O. The van der Waals surface area contributed by atoms with Crippen LogP contribution in [0.4, 0.5) is 4.79 Å². The van der Waals surface area contributed by atoms with Gasteiger partial charge in [-0.1, -0.05) is 12.2 Å². The van der Waals surface area contributed by atoms with Gasteiger partial charge in [0.25, 0.3) is 0 Å². The molecule has 0 radical (unpaired) electrons. The second-order valence-electron chi connectivity index (χ2n) is 6.00. The fourth-order valence-corrected chi connectivity index (χ4v) is 2.93. The Kier molecular flexibility index (Phi) is 5.25. The molecule has 0 spiro atoms. The van der Waals surface area contributed by atoms with Gasteiger partial charge in [-0.3, -0.25) is 0 Å². The SMILES string of the molecule is CN(C)C(=O)N1CCC(NCC2CC=CCC2)CC1. The number of likely N-dealkylation sites (tertiary alicyclic amines) is 1. The average molecular weight is 265 g/mol. The first kappa shape index (κ1) is 14.4. The summed E-state index contributed by atoms with van der Waals surface area (Å²) in [7, 11) is 3.65. The van der Waals surface area contributed by atoms with Crippen molar-refractivity contribution in [2.75, 3.05) is 33.7 Å². The van der Waals surface area contributed by atoms with Gasteiger partial charge in [-0.25, -0.2) is 4.79 Å². The van der Waals surface area contributed by atoms with Gasteiger partial charge >= 0.3 is 6.03 Å². The van der Waals surface area contributed by atoms with Crippen molar-refractivity contribution >= 4 is 6.03 Å². The Hall–Kier alpha value is -1.03. The van der Waals surface area contributed by atoms with E-state index in [1.807, 2.05) is 19.0 Å². The van der Waals surface area contributed by atoms with Crippen LogP contribution >= 0.6 is 0 Å². The van der Waals surface area contributed by atoms with E-state index in [1.165, 1.54) is 19.3 Å². The first-order chi connectivity index (χ1) is 9.16. The third kappa shape index (κ3) is 4.23. The first-order valence-corrected chi connectivity index (χ1v) is 7.51. The number of carbonyl (C=O) groups excluding carboxylic acids is 1. The maximum absolute atomic E-state index is 11.8. The van der Waals surface area contributed by atoms with Gasteiger partial charge < -0.3 is 15.1 Å². The number of amides is 2. The van der Waals surface area contributed by atoms with E-state index >= 15 is 0 Å². The van der Waals surface area contributed by atoms with Crippen LogP contribution in [0.1, 0.15) is 32.1 Å². The standard InChI is InChI=1S/C15H27N3O/c1-17(2)15(19)18-10-8-14(9-11-18)16-12-13-6-4-3-5-7-13/h3-4,13-14,16H,5-12H2,1-2H3. The molecule has 2 aliphatic rings. The zero-order valence-corrected chi connectivity index (χ0v) is 12.3. The van der Waals surface area contributed by atoms with E-state index in [9.17, 15) is 4.79 Å². The Morgan fingerprint density at radius 3 is 2.58 bits per heavy atom. The molecule has 19 heavy (non-hydrogen) atoms. The Morgan fingerprint density at radius 1 is 1.26 bits per heavy atom. The van der Waals surface area contributed by atoms with Crippen LogP contribution in [0.2, 0.25) is 0 Å². The van der Waals surface area contributed by atoms with Crippen LogP contribution in [0.25, 0.3) is 0 Å². The van der Waals surface area contributed by atoms with Gasteiger partial charge in [-0.05, 0) is 44.6 Å². The number of urea groups is 1. The molecule has 1 fully saturated rings. The molecule has 0 saturated carbocycles. The molecule has 1 aliphatic heterocycles. The summed E-state index contributed by atoms with van der Waals surface area (Å²) in [5.74, 6) is 0.812. The van der Waals surface area contributed by atoms with Gasteiger partial charge in [0, 0.05) is 33.2 Å². The van der Waals surface area contributed by atoms with Crippen molar-refractivity contribution in [3.63, 3.8) is 0 Å². The number of nitrogens with zero attached hydrogens (tertiary/aromatic N) is 2. The molecule has 2 rings (SSSR count). The molecule has 4 heteroatoms. The van der Waals surface area contributed by atoms with E-state index in [4.69, 9.17) is 0 Å². The third-order valence-corrected chi connectivity index (χ3v) is 4.22. The van der Waals surface area contributed by atoms with Crippen LogP contribution in [-0.4, -0.2) is 55.6 Å². The largest absolute Gasteiger partial charge is 0.331 e. The van der Waals surface area contributed by atoms with Crippen molar-refractivity contribution in [1.82, 2.24) is 15.1 Å². The highest BCUT2D eigenvalue weighted by Crippen LogP contribution is 2.18. The van der Waals surface area contributed by atoms with E-state index in [1.54, 1.807) is 4.90 Å². The lowest BCUT2D eigenvalue weighted by Gasteiger charge is -2.34. The molecule has 1 aliphatic carbocycles. The lowest BCUT2D eigenvalue weighted by atomic mass is 9.93. The van der Waals surface area contributed by atoms with Gasteiger partial charge in [0.05, 0.1) is 0 Å². The van der Waals surface area contributed by atoms with Crippen LogP contribution in [0.15, 0.2) is 12.2 Å².